The van der Waals surface area contributed by atoms with E-state index in [0.717, 1.165) is 26.8 Å². The third kappa shape index (κ3) is 4.98. The van der Waals surface area contributed by atoms with Crippen molar-refractivity contribution in [3.63, 3.8) is 0 Å². The molecular formula is C23H25NO2S. The molecule has 1 atom stereocenters. The number of hydrogen-bond acceptors (Lipinski definition) is 3. The lowest BCUT2D eigenvalue weighted by Crippen LogP contribution is -2.41. The lowest BCUT2D eigenvalue weighted by Gasteiger charge is -2.27. The average molecular weight is 380 g/mol. The van der Waals surface area contributed by atoms with Gasteiger partial charge in [0.1, 0.15) is 11.5 Å². The lowest BCUT2D eigenvalue weighted by molar-refractivity contribution is 0.0914. The third-order valence-corrected chi connectivity index (χ3v) is 5.73. The molecule has 0 saturated heterocycles. The summed E-state index contributed by atoms with van der Waals surface area (Å²) in [6.45, 7) is 8.41. The molecule has 1 N–H and O–H groups in total. The predicted molar refractivity (Wildman–Crippen MR) is 113 cm³/mol. The first kappa shape index (κ1) is 19.2. The molecular weight excluding hydrogens is 354 g/mol. The molecule has 4 heteroatoms. The molecule has 27 heavy (non-hydrogen) atoms. The smallest absolute Gasteiger partial charge is 0.261 e. The normalized spacial score (nSPS) is 12.4. The van der Waals surface area contributed by atoms with Gasteiger partial charge < -0.3 is 10.1 Å². The Morgan fingerprint density at radius 1 is 0.926 bits per heavy atom. The molecule has 0 bridgehead atoms. The molecule has 1 heterocycles. The number of ether oxygens (including phenoxy) is 1. The van der Waals surface area contributed by atoms with Gasteiger partial charge in [0.25, 0.3) is 5.91 Å². The molecule has 3 aromatic rings. The first-order chi connectivity index (χ1) is 12.8. The van der Waals surface area contributed by atoms with Crippen LogP contribution in [0.4, 0.5) is 0 Å². The van der Waals surface area contributed by atoms with Crippen molar-refractivity contribution in [2.75, 3.05) is 0 Å². The average Bonchev–Trinajstić information content (AvgIpc) is 3.13. The molecule has 0 aliphatic heterocycles. The van der Waals surface area contributed by atoms with E-state index in [0.29, 0.717) is 0 Å². The standard InChI is InChI=1S/C23H25NO2S/c1-16(23(2,3)4)24-22(25)21-15-14-20(27-21)17-10-12-19(13-11-17)26-18-8-6-5-7-9-18/h5-16H,1-4H3,(H,24,25)/t16-/m0/s1. The van der Waals surface area contributed by atoms with Crippen molar-refractivity contribution >= 4 is 17.2 Å². The zero-order chi connectivity index (χ0) is 19.4. The van der Waals surface area contributed by atoms with Crippen molar-refractivity contribution in [2.45, 2.75) is 33.7 Å². The predicted octanol–water partition coefficient (Wildman–Crippen LogP) is 6.37. The number of hydrogen-bond donors (Lipinski definition) is 1. The second-order valence-electron chi connectivity index (χ2n) is 7.66. The van der Waals surface area contributed by atoms with Gasteiger partial charge in [-0.3, -0.25) is 4.79 Å². The fourth-order valence-corrected chi connectivity index (χ4v) is 3.33. The molecule has 1 aromatic heterocycles. The Morgan fingerprint density at radius 3 is 2.19 bits per heavy atom. The van der Waals surface area contributed by atoms with E-state index in [9.17, 15) is 4.79 Å². The molecule has 0 aliphatic rings. The highest BCUT2D eigenvalue weighted by atomic mass is 32.1. The van der Waals surface area contributed by atoms with Crippen molar-refractivity contribution in [1.29, 1.82) is 0 Å². The number of para-hydroxylation sites is 1. The second-order valence-corrected chi connectivity index (χ2v) is 8.75. The van der Waals surface area contributed by atoms with Crippen LogP contribution in [0.5, 0.6) is 11.5 Å². The van der Waals surface area contributed by atoms with Crippen LogP contribution in [0.15, 0.2) is 66.7 Å². The van der Waals surface area contributed by atoms with Crippen LogP contribution >= 0.6 is 11.3 Å². The van der Waals surface area contributed by atoms with E-state index in [1.165, 1.54) is 11.3 Å². The second kappa shape index (κ2) is 7.97. The first-order valence-electron chi connectivity index (χ1n) is 9.07. The third-order valence-electron chi connectivity index (χ3n) is 4.59. The number of thiophene rings is 1. The van der Waals surface area contributed by atoms with Crippen molar-refractivity contribution in [3.05, 3.63) is 71.6 Å². The summed E-state index contributed by atoms with van der Waals surface area (Å²) >= 11 is 1.50. The van der Waals surface area contributed by atoms with E-state index < -0.39 is 0 Å². The van der Waals surface area contributed by atoms with Crippen LogP contribution in [0.2, 0.25) is 0 Å². The minimum Gasteiger partial charge on any atom is -0.457 e. The maximum Gasteiger partial charge on any atom is 0.261 e. The number of carbonyl (C=O) groups is 1. The molecule has 0 spiro atoms. The molecule has 0 fully saturated rings. The van der Waals surface area contributed by atoms with Crippen LogP contribution < -0.4 is 10.1 Å². The van der Waals surface area contributed by atoms with Gasteiger partial charge in [-0.25, -0.2) is 0 Å². The molecule has 3 rings (SSSR count). The molecule has 3 nitrogen and oxygen atoms in total. The van der Waals surface area contributed by atoms with Gasteiger partial charge in [0.05, 0.1) is 4.88 Å². The van der Waals surface area contributed by atoms with Crippen molar-refractivity contribution in [2.24, 2.45) is 5.41 Å². The van der Waals surface area contributed by atoms with Crippen LogP contribution in [0.3, 0.4) is 0 Å². The monoisotopic (exact) mass is 379 g/mol. The van der Waals surface area contributed by atoms with Gasteiger partial charge >= 0.3 is 0 Å². The number of nitrogens with one attached hydrogen (secondary N) is 1. The van der Waals surface area contributed by atoms with Crippen LogP contribution in [-0.2, 0) is 0 Å². The summed E-state index contributed by atoms with van der Waals surface area (Å²) in [7, 11) is 0. The highest BCUT2D eigenvalue weighted by Crippen LogP contribution is 2.31. The molecule has 140 valence electrons. The van der Waals surface area contributed by atoms with E-state index in [1.54, 1.807) is 0 Å². The maximum atomic E-state index is 12.5. The molecule has 1 amide bonds. The Bertz CT molecular complexity index is 892. The van der Waals surface area contributed by atoms with Gasteiger partial charge in [-0.2, -0.15) is 0 Å². The van der Waals surface area contributed by atoms with Gasteiger partial charge in [0, 0.05) is 10.9 Å². The Kier molecular flexibility index (Phi) is 5.66. The fourth-order valence-electron chi connectivity index (χ4n) is 2.41. The van der Waals surface area contributed by atoms with E-state index in [2.05, 4.69) is 26.1 Å². The van der Waals surface area contributed by atoms with Gasteiger partial charge in [0.2, 0.25) is 0 Å². The SMILES string of the molecule is C[C@H](NC(=O)c1ccc(-c2ccc(Oc3ccccc3)cc2)s1)C(C)(C)C. The summed E-state index contributed by atoms with van der Waals surface area (Å²) < 4.78 is 5.83. The van der Waals surface area contributed by atoms with Crippen molar-refractivity contribution in [3.8, 4) is 21.9 Å². The van der Waals surface area contributed by atoms with Crippen molar-refractivity contribution < 1.29 is 9.53 Å². The summed E-state index contributed by atoms with van der Waals surface area (Å²) in [5.41, 5.74) is 1.10. The van der Waals surface area contributed by atoms with Gasteiger partial charge in [0.15, 0.2) is 0 Å². The fraction of sp³-hybridized carbons (Fsp3) is 0.261. The molecule has 0 radical (unpaired) electrons. The quantitative estimate of drug-likeness (QED) is 0.559. The summed E-state index contributed by atoms with van der Waals surface area (Å²) in [5.74, 6) is 1.59. The van der Waals surface area contributed by atoms with E-state index in [4.69, 9.17) is 4.74 Å². The maximum absolute atomic E-state index is 12.5. The molecule has 2 aromatic carbocycles. The van der Waals surface area contributed by atoms with Gasteiger partial charge in [-0.1, -0.05) is 39.0 Å². The number of amides is 1. The Hall–Kier alpha value is -2.59. The Morgan fingerprint density at radius 2 is 1.56 bits per heavy atom. The summed E-state index contributed by atoms with van der Waals surface area (Å²) in [4.78, 5) is 14.3. The van der Waals surface area contributed by atoms with E-state index in [1.807, 2.05) is 73.7 Å². The van der Waals surface area contributed by atoms with E-state index in [-0.39, 0.29) is 17.4 Å². The molecule has 0 saturated carbocycles. The summed E-state index contributed by atoms with van der Waals surface area (Å²) in [6, 6.07) is 21.6. The van der Waals surface area contributed by atoms with E-state index >= 15 is 0 Å². The lowest BCUT2D eigenvalue weighted by atomic mass is 9.88. The summed E-state index contributed by atoms with van der Waals surface area (Å²) in [5, 5.41) is 3.09. The largest absolute Gasteiger partial charge is 0.457 e. The van der Waals surface area contributed by atoms with Crippen LogP contribution in [0, 0.1) is 5.41 Å². The zero-order valence-electron chi connectivity index (χ0n) is 16.2. The molecule has 0 unspecified atom stereocenters. The Labute approximate surface area is 165 Å². The highest BCUT2D eigenvalue weighted by Gasteiger charge is 2.22. The van der Waals surface area contributed by atoms with Crippen LogP contribution in [0.1, 0.15) is 37.4 Å². The molecule has 0 aliphatic carbocycles. The minimum atomic E-state index is -0.0160. The zero-order valence-corrected chi connectivity index (χ0v) is 17.0. The number of rotatable bonds is 5. The topological polar surface area (TPSA) is 38.3 Å². The van der Waals surface area contributed by atoms with Crippen molar-refractivity contribution in [1.82, 2.24) is 5.32 Å². The highest BCUT2D eigenvalue weighted by molar-refractivity contribution is 7.17. The van der Waals surface area contributed by atoms with Crippen LogP contribution in [0.25, 0.3) is 10.4 Å². The Balaban J connectivity index is 1.68. The summed E-state index contributed by atoms with van der Waals surface area (Å²) in [6.07, 6.45) is 0. The number of carbonyl (C=O) groups excluding carboxylic acids is 1. The first-order valence-corrected chi connectivity index (χ1v) is 9.88. The van der Waals surface area contributed by atoms with Gasteiger partial charge in [-0.15, -0.1) is 11.3 Å². The van der Waals surface area contributed by atoms with Gasteiger partial charge in [-0.05, 0) is 66.4 Å². The minimum absolute atomic E-state index is 0.0160. The van der Waals surface area contributed by atoms with Crippen LogP contribution in [-0.4, -0.2) is 11.9 Å². The number of benzene rings is 2.